The van der Waals surface area contributed by atoms with Crippen molar-refractivity contribution in [2.75, 3.05) is 26.4 Å². The minimum Gasteiger partial charge on any atom is -0.463 e. The number of phosphoric ester groups is 1. The van der Waals surface area contributed by atoms with Crippen LogP contribution >= 0.6 is 7.82 Å². The van der Waals surface area contributed by atoms with Crippen molar-refractivity contribution in [3.05, 3.63) is 12.2 Å². The monoisotopic (exact) mass is 479 g/mol. The van der Waals surface area contributed by atoms with Crippen molar-refractivity contribution >= 4 is 19.7 Å². The van der Waals surface area contributed by atoms with Crippen molar-refractivity contribution in [3.8, 4) is 0 Å². The van der Waals surface area contributed by atoms with E-state index in [1.54, 1.807) is 0 Å². The van der Waals surface area contributed by atoms with Gasteiger partial charge in [0.1, 0.15) is 12.7 Å². The first-order valence-corrected chi connectivity index (χ1v) is 13.2. The van der Waals surface area contributed by atoms with Crippen molar-refractivity contribution in [3.63, 3.8) is 0 Å². The third-order valence-corrected chi connectivity index (χ3v) is 5.38. The zero-order valence-corrected chi connectivity index (χ0v) is 20.5. The predicted molar refractivity (Wildman–Crippen MR) is 123 cm³/mol. The number of hydrogen-bond donors (Lipinski definition) is 3. The molecule has 0 spiro atoms. The highest BCUT2D eigenvalue weighted by atomic mass is 31.2. The fraction of sp³-hybridized carbons (Fsp3) is 0.818. The fourth-order valence-electron chi connectivity index (χ4n) is 2.66. The van der Waals surface area contributed by atoms with Gasteiger partial charge in [0.2, 0.25) is 5.91 Å². The number of carbonyl (C=O) groups excluding carboxylic acids is 2. The van der Waals surface area contributed by atoms with Gasteiger partial charge < -0.3 is 20.1 Å². The molecule has 0 fully saturated rings. The Morgan fingerprint density at radius 1 is 0.938 bits per heavy atom. The maximum Gasteiger partial charge on any atom is 0.472 e. The largest absolute Gasteiger partial charge is 0.472 e. The molecule has 0 aromatic rings. The summed E-state index contributed by atoms with van der Waals surface area (Å²) in [7, 11) is -4.36. The Morgan fingerprint density at radius 3 is 2.34 bits per heavy atom. The fourth-order valence-corrected chi connectivity index (χ4v) is 3.42. The van der Waals surface area contributed by atoms with Crippen LogP contribution in [0, 0.1) is 0 Å². The highest BCUT2D eigenvalue weighted by Gasteiger charge is 2.23. The van der Waals surface area contributed by atoms with Gasteiger partial charge in [0, 0.05) is 19.4 Å². The standard InChI is InChI=1S/C22H42NO8P/c1-3-5-6-7-8-9-10-11-12-13-15-22(26)29-18-20(24)19-31-32(27,28)30-17-16-23-21(25)14-4-2/h6-7,20,24H,3-5,8-19H2,1-2H3,(H,23,25)(H,27,28)/b7-6-. The van der Waals surface area contributed by atoms with E-state index < -0.39 is 26.5 Å². The topological polar surface area (TPSA) is 131 Å². The minimum absolute atomic E-state index is 0.0723. The molecule has 1 amide bonds. The molecule has 3 N–H and O–H groups in total. The summed E-state index contributed by atoms with van der Waals surface area (Å²) in [4.78, 5) is 32.5. The van der Waals surface area contributed by atoms with Crippen LogP contribution in [0.2, 0.25) is 0 Å². The van der Waals surface area contributed by atoms with Crippen molar-refractivity contribution in [2.45, 2.75) is 90.6 Å². The molecule has 188 valence electrons. The number of amides is 1. The second-order valence-electron chi connectivity index (χ2n) is 7.60. The van der Waals surface area contributed by atoms with Gasteiger partial charge in [0.15, 0.2) is 0 Å². The number of nitrogens with one attached hydrogen (secondary N) is 1. The number of phosphoric acid groups is 1. The third-order valence-electron chi connectivity index (χ3n) is 4.40. The number of aliphatic hydroxyl groups is 1. The predicted octanol–water partition coefficient (Wildman–Crippen LogP) is 4.03. The molecule has 0 aromatic heterocycles. The maximum atomic E-state index is 11.7. The van der Waals surface area contributed by atoms with Crippen molar-refractivity contribution in [1.82, 2.24) is 5.32 Å². The summed E-state index contributed by atoms with van der Waals surface area (Å²) in [6.07, 6.45) is 13.0. The summed E-state index contributed by atoms with van der Waals surface area (Å²) in [5, 5.41) is 12.3. The molecule has 32 heavy (non-hydrogen) atoms. The summed E-state index contributed by atoms with van der Waals surface area (Å²) in [5.41, 5.74) is 0. The molecule has 0 saturated carbocycles. The van der Waals surface area contributed by atoms with E-state index in [1.165, 1.54) is 6.42 Å². The number of allylic oxidation sites excluding steroid dienone is 2. The maximum absolute atomic E-state index is 11.7. The molecule has 0 bridgehead atoms. The van der Waals surface area contributed by atoms with Gasteiger partial charge in [-0.1, -0.05) is 51.7 Å². The minimum atomic E-state index is -4.36. The number of hydrogen-bond acceptors (Lipinski definition) is 7. The van der Waals surface area contributed by atoms with E-state index in [9.17, 15) is 24.2 Å². The van der Waals surface area contributed by atoms with E-state index in [0.717, 1.165) is 44.9 Å². The SMILES string of the molecule is CCC/C=C\CCCCCCCC(=O)OCC(O)COP(=O)(O)OCCNC(=O)CCC. The third kappa shape index (κ3) is 20.6. The number of esters is 1. The number of unbranched alkanes of at least 4 members (excludes halogenated alkanes) is 6. The van der Waals surface area contributed by atoms with Gasteiger partial charge in [-0.15, -0.1) is 0 Å². The van der Waals surface area contributed by atoms with Crippen LogP contribution in [-0.4, -0.2) is 54.3 Å². The van der Waals surface area contributed by atoms with Crippen LogP contribution in [0.4, 0.5) is 0 Å². The average molecular weight is 480 g/mol. The lowest BCUT2D eigenvalue weighted by molar-refractivity contribution is -0.147. The van der Waals surface area contributed by atoms with Crippen LogP contribution < -0.4 is 5.32 Å². The number of rotatable bonds is 21. The van der Waals surface area contributed by atoms with Gasteiger partial charge in [-0.05, 0) is 32.1 Å². The van der Waals surface area contributed by atoms with E-state index in [2.05, 4.69) is 28.9 Å². The first-order valence-electron chi connectivity index (χ1n) is 11.7. The smallest absolute Gasteiger partial charge is 0.463 e. The lowest BCUT2D eigenvalue weighted by atomic mass is 10.1. The molecule has 0 aliphatic heterocycles. The Kier molecular flexibility index (Phi) is 19.6. The molecular weight excluding hydrogens is 437 g/mol. The Morgan fingerprint density at radius 2 is 1.62 bits per heavy atom. The Labute approximate surface area is 192 Å². The second-order valence-corrected chi connectivity index (χ2v) is 9.05. The van der Waals surface area contributed by atoms with Gasteiger partial charge >= 0.3 is 13.8 Å². The van der Waals surface area contributed by atoms with Crippen molar-refractivity contribution in [1.29, 1.82) is 0 Å². The summed E-state index contributed by atoms with van der Waals surface area (Å²) in [6.45, 7) is 3.05. The lowest BCUT2D eigenvalue weighted by Crippen LogP contribution is -2.27. The summed E-state index contributed by atoms with van der Waals surface area (Å²) in [6, 6.07) is 0. The molecule has 9 nitrogen and oxygen atoms in total. The Hall–Kier alpha value is -1.25. The van der Waals surface area contributed by atoms with E-state index in [0.29, 0.717) is 12.8 Å². The molecule has 10 heteroatoms. The molecule has 0 aromatic carbocycles. The Bertz CT molecular complexity index is 570. The quantitative estimate of drug-likeness (QED) is 0.0973. The van der Waals surface area contributed by atoms with E-state index >= 15 is 0 Å². The van der Waals surface area contributed by atoms with E-state index in [4.69, 9.17) is 9.26 Å². The number of ether oxygens (including phenoxy) is 1. The lowest BCUT2D eigenvalue weighted by Gasteiger charge is -2.15. The van der Waals surface area contributed by atoms with Crippen LogP contribution in [0.5, 0.6) is 0 Å². The van der Waals surface area contributed by atoms with Crippen LogP contribution in [0.3, 0.4) is 0 Å². The van der Waals surface area contributed by atoms with Crippen LogP contribution in [0.15, 0.2) is 12.2 Å². The zero-order valence-electron chi connectivity index (χ0n) is 19.6. The summed E-state index contributed by atoms with van der Waals surface area (Å²) >= 11 is 0. The molecule has 0 radical (unpaired) electrons. The molecule has 0 saturated heterocycles. The normalized spacial score (nSPS) is 14.2. The molecule has 2 atom stereocenters. The van der Waals surface area contributed by atoms with Crippen LogP contribution in [-0.2, 0) is 27.9 Å². The van der Waals surface area contributed by atoms with Crippen LogP contribution in [0.25, 0.3) is 0 Å². The summed E-state index contributed by atoms with van der Waals surface area (Å²) < 4.78 is 26.1. The average Bonchev–Trinajstić information content (AvgIpc) is 2.75. The summed E-state index contributed by atoms with van der Waals surface area (Å²) in [5.74, 6) is -0.588. The Balaban J connectivity index is 3.70. The van der Waals surface area contributed by atoms with Gasteiger partial charge in [-0.25, -0.2) is 4.57 Å². The molecule has 0 aliphatic carbocycles. The first kappa shape index (κ1) is 30.8. The molecule has 0 heterocycles. The highest BCUT2D eigenvalue weighted by molar-refractivity contribution is 7.47. The molecule has 2 unspecified atom stereocenters. The van der Waals surface area contributed by atoms with E-state index in [-0.39, 0.29) is 32.1 Å². The zero-order chi connectivity index (χ0) is 24.1. The number of aliphatic hydroxyl groups excluding tert-OH is 1. The van der Waals surface area contributed by atoms with Gasteiger partial charge in [-0.3, -0.25) is 18.6 Å². The van der Waals surface area contributed by atoms with Gasteiger partial charge in [0.25, 0.3) is 0 Å². The molecule has 0 rings (SSSR count). The molecule has 0 aliphatic rings. The highest BCUT2D eigenvalue weighted by Crippen LogP contribution is 2.42. The first-order chi connectivity index (χ1) is 15.3. The van der Waals surface area contributed by atoms with E-state index in [1.807, 2.05) is 6.92 Å². The second kappa shape index (κ2) is 20.4. The van der Waals surface area contributed by atoms with Crippen molar-refractivity contribution < 1.29 is 37.9 Å². The van der Waals surface area contributed by atoms with Gasteiger partial charge in [-0.2, -0.15) is 0 Å². The molecular formula is C22H42NO8P. The van der Waals surface area contributed by atoms with Crippen molar-refractivity contribution in [2.24, 2.45) is 0 Å². The number of carbonyl (C=O) groups is 2. The van der Waals surface area contributed by atoms with Crippen LogP contribution in [0.1, 0.15) is 84.5 Å². The van der Waals surface area contributed by atoms with Gasteiger partial charge in [0.05, 0.1) is 13.2 Å².